The average Bonchev–Trinajstić information content (AvgIpc) is 2.72. The second kappa shape index (κ2) is 7.79. The number of aliphatic imine (C=N–C) groups is 1. The number of hydrogen-bond acceptors (Lipinski definition) is 6. The van der Waals surface area contributed by atoms with Gasteiger partial charge in [-0.2, -0.15) is 0 Å². The van der Waals surface area contributed by atoms with Crippen LogP contribution >= 0.6 is 0 Å². The topological polar surface area (TPSA) is 97.2 Å². The van der Waals surface area contributed by atoms with Gasteiger partial charge in [-0.15, -0.1) is 0 Å². The molecule has 3 aromatic carbocycles. The summed E-state index contributed by atoms with van der Waals surface area (Å²) in [5, 5.41) is 14.3. The van der Waals surface area contributed by atoms with Gasteiger partial charge in [0.05, 0.1) is 25.3 Å². The second-order valence-electron chi connectivity index (χ2n) is 5.89. The number of esters is 1. The monoisotopic (exact) mass is 378 g/mol. The highest BCUT2D eigenvalue weighted by molar-refractivity contribution is 6.12. The highest BCUT2D eigenvalue weighted by atomic mass is 16.5. The normalized spacial score (nSPS) is 10.4. The molecule has 0 spiro atoms. The molecule has 3 rings (SSSR count). The Bertz CT molecular complexity index is 1070. The minimum Gasteiger partial charge on any atom is -0.505 e. The summed E-state index contributed by atoms with van der Waals surface area (Å²) in [5.41, 5.74) is 1.01. The van der Waals surface area contributed by atoms with E-state index < -0.39 is 11.9 Å². The molecule has 2 N–H and O–H groups in total. The molecule has 28 heavy (non-hydrogen) atoms. The van der Waals surface area contributed by atoms with Crippen LogP contribution in [0.25, 0.3) is 10.8 Å². The van der Waals surface area contributed by atoms with Crippen LogP contribution in [0.15, 0.2) is 53.5 Å². The van der Waals surface area contributed by atoms with Crippen molar-refractivity contribution in [2.75, 3.05) is 19.5 Å². The summed E-state index contributed by atoms with van der Waals surface area (Å²) in [4.78, 5) is 28.4. The maximum atomic E-state index is 12.7. The number of phenols is 1. The third kappa shape index (κ3) is 3.50. The van der Waals surface area contributed by atoms with Crippen LogP contribution in [-0.2, 0) is 4.74 Å². The van der Waals surface area contributed by atoms with Gasteiger partial charge in [0, 0.05) is 11.1 Å². The standard InChI is InChI=1S/C21H18N2O5/c1-22-18-16-9-4-12(21(26)28-3)10-13(16)11-17(19(18)24)20(25)23-14-5-7-15(27-2)8-6-14/h4-11,24H,1H2,2-3H3,(H,23,25). The molecule has 0 saturated carbocycles. The highest BCUT2D eigenvalue weighted by Gasteiger charge is 2.19. The first-order valence-corrected chi connectivity index (χ1v) is 8.28. The Morgan fingerprint density at radius 3 is 2.39 bits per heavy atom. The predicted molar refractivity (Wildman–Crippen MR) is 107 cm³/mol. The van der Waals surface area contributed by atoms with Gasteiger partial charge in [0.2, 0.25) is 0 Å². The van der Waals surface area contributed by atoms with Crippen molar-refractivity contribution < 1.29 is 24.2 Å². The zero-order chi connectivity index (χ0) is 20.3. The lowest BCUT2D eigenvalue weighted by atomic mass is 10.0. The number of hydrogen-bond donors (Lipinski definition) is 2. The number of phenolic OH excluding ortho intramolecular Hbond substituents is 1. The summed E-state index contributed by atoms with van der Waals surface area (Å²) in [5.74, 6) is -0.676. The van der Waals surface area contributed by atoms with Crippen molar-refractivity contribution in [2.24, 2.45) is 4.99 Å². The van der Waals surface area contributed by atoms with Gasteiger partial charge in [-0.3, -0.25) is 9.79 Å². The minimum absolute atomic E-state index is 0.00716. The first kappa shape index (κ1) is 18.9. The SMILES string of the molecule is C=Nc1c(O)c(C(=O)Nc2ccc(OC)cc2)cc2cc(C(=O)OC)ccc12. The Morgan fingerprint density at radius 1 is 1.07 bits per heavy atom. The molecule has 142 valence electrons. The van der Waals surface area contributed by atoms with Crippen molar-refractivity contribution >= 4 is 40.7 Å². The molecule has 0 fully saturated rings. The molecule has 0 radical (unpaired) electrons. The fourth-order valence-corrected chi connectivity index (χ4v) is 2.83. The van der Waals surface area contributed by atoms with Crippen molar-refractivity contribution in [3.05, 3.63) is 59.7 Å². The molecule has 0 saturated heterocycles. The summed E-state index contributed by atoms with van der Waals surface area (Å²) in [6, 6.07) is 13.0. The summed E-state index contributed by atoms with van der Waals surface area (Å²) in [6.45, 7) is 3.47. The van der Waals surface area contributed by atoms with Crippen molar-refractivity contribution in [3.63, 3.8) is 0 Å². The smallest absolute Gasteiger partial charge is 0.337 e. The van der Waals surface area contributed by atoms with Crippen molar-refractivity contribution in [2.45, 2.75) is 0 Å². The van der Waals surface area contributed by atoms with Crippen LogP contribution in [0.3, 0.4) is 0 Å². The number of benzene rings is 3. The Kier molecular flexibility index (Phi) is 5.26. The second-order valence-corrected chi connectivity index (χ2v) is 5.89. The third-order valence-electron chi connectivity index (χ3n) is 4.26. The number of aromatic hydroxyl groups is 1. The van der Waals surface area contributed by atoms with E-state index in [1.165, 1.54) is 13.2 Å². The number of nitrogens with one attached hydrogen (secondary N) is 1. The number of nitrogens with zero attached hydrogens (tertiary/aromatic N) is 1. The summed E-state index contributed by atoms with van der Waals surface area (Å²) in [7, 11) is 2.83. The lowest BCUT2D eigenvalue weighted by Crippen LogP contribution is -2.12. The van der Waals surface area contributed by atoms with Gasteiger partial charge in [-0.1, -0.05) is 6.07 Å². The zero-order valence-electron chi connectivity index (χ0n) is 15.4. The van der Waals surface area contributed by atoms with Crippen LogP contribution in [0.5, 0.6) is 11.5 Å². The van der Waals surface area contributed by atoms with Crippen molar-refractivity contribution in [1.29, 1.82) is 0 Å². The maximum absolute atomic E-state index is 12.7. The van der Waals surface area contributed by atoms with Crippen LogP contribution in [0.4, 0.5) is 11.4 Å². The summed E-state index contributed by atoms with van der Waals surface area (Å²) >= 11 is 0. The molecule has 0 atom stereocenters. The molecule has 7 heteroatoms. The van der Waals surface area contributed by atoms with Crippen molar-refractivity contribution in [3.8, 4) is 11.5 Å². The van der Waals surface area contributed by atoms with E-state index in [1.807, 2.05) is 0 Å². The quantitative estimate of drug-likeness (QED) is 0.518. The molecule has 0 aliphatic heterocycles. The van der Waals surface area contributed by atoms with Gasteiger partial charge in [0.25, 0.3) is 5.91 Å². The van der Waals surface area contributed by atoms with E-state index in [1.54, 1.807) is 49.6 Å². The summed E-state index contributed by atoms with van der Waals surface area (Å²) < 4.78 is 9.81. The number of ether oxygens (including phenoxy) is 2. The molecular weight excluding hydrogens is 360 g/mol. The van der Waals surface area contributed by atoms with Gasteiger partial charge in [0.15, 0.2) is 5.75 Å². The van der Waals surface area contributed by atoms with E-state index in [2.05, 4.69) is 17.0 Å². The Balaban J connectivity index is 2.05. The fourth-order valence-electron chi connectivity index (χ4n) is 2.83. The number of amides is 1. The summed E-state index contributed by atoms with van der Waals surface area (Å²) in [6.07, 6.45) is 0. The molecular formula is C21H18N2O5. The van der Waals surface area contributed by atoms with Gasteiger partial charge >= 0.3 is 5.97 Å². The molecule has 0 aliphatic rings. The third-order valence-corrected chi connectivity index (χ3v) is 4.26. The van der Waals surface area contributed by atoms with E-state index in [9.17, 15) is 14.7 Å². The predicted octanol–water partition coefficient (Wildman–Crippen LogP) is 3.93. The van der Waals surface area contributed by atoms with Crippen LogP contribution in [-0.4, -0.2) is 37.9 Å². The van der Waals surface area contributed by atoms with Gasteiger partial charge < -0.3 is 19.9 Å². The molecule has 7 nitrogen and oxygen atoms in total. The number of fused-ring (bicyclic) bond motifs is 1. The highest BCUT2D eigenvalue weighted by Crippen LogP contribution is 2.38. The number of carbonyl (C=O) groups excluding carboxylic acids is 2. The Morgan fingerprint density at radius 2 is 1.79 bits per heavy atom. The largest absolute Gasteiger partial charge is 0.505 e. The van der Waals surface area contributed by atoms with Crippen LogP contribution in [0, 0.1) is 0 Å². The number of methoxy groups -OCH3 is 2. The lowest BCUT2D eigenvalue weighted by molar-refractivity contribution is 0.0601. The van der Waals surface area contributed by atoms with E-state index in [0.717, 1.165) is 0 Å². The molecule has 0 aliphatic carbocycles. The van der Waals surface area contributed by atoms with E-state index in [0.29, 0.717) is 27.8 Å². The fraction of sp³-hybridized carbons (Fsp3) is 0.0952. The molecule has 0 unspecified atom stereocenters. The van der Waals surface area contributed by atoms with Crippen LogP contribution in [0.2, 0.25) is 0 Å². The first-order valence-electron chi connectivity index (χ1n) is 8.28. The Hall–Kier alpha value is -3.87. The van der Waals surface area contributed by atoms with Gasteiger partial charge in [-0.25, -0.2) is 4.79 Å². The molecule has 0 bridgehead atoms. The van der Waals surface area contributed by atoms with Gasteiger partial charge in [0.1, 0.15) is 11.4 Å². The van der Waals surface area contributed by atoms with Crippen LogP contribution < -0.4 is 10.1 Å². The number of anilines is 1. The molecule has 0 heterocycles. The molecule has 3 aromatic rings. The molecule has 1 amide bonds. The minimum atomic E-state index is -0.530. The number of rotatable bonds is 5. The van der Waals surface area contributed by atoms with Crippen LogP contribution in [0.1, 0.15) is 20.7 Å². The van der Waals surface area contributed by atoms with E-state index >= 15 is 0 Å². The zero-order valence-corrected chi connectivity index (χ0v) is 15.4. The number of carbonyl (C=O) groups is 2. The first-order chi connectivity index (χ1) is 13.5. The van der Waals surface area contributed by atoms with E-state index in [-0.39, 0.29) is 17.0 Å². The Labute approximate surface area is 161 Å². The van der Waals surface area contributed by atoms with Gasteiger partial charge in [-0.05, 0) is 54.6 Å². The lowest BCUT2D eigenvalue weighted by Gasteiger charge is -2.12. The molecule has 0 aromatic heterocycles. The maximum Gasteiger partial charge on any atom is 0.337 e. The van der Waals surface area contributed by atoms with Crippen molar-refractivity contribution in [1.82, 2.24) is 0 Å². The average molecular weight is 378 g/mol. The van der Waals surface area contributed by atoms with E-state index in [4.69, 9.17) is 9.47 Å².